The second-order valence-corrected chi connectivity index (χ2v) is 9.29. The van der Waals surface area contributed by atoms with Gasteiger partial charge in [-0.1, -0.05) is 17.7 Å². The number of amides is 1. The molecule has 1 aromatic rings. The maximum Gasteiger partial charge on any atom is 0.246 e. The van der Waals surface area contributed by atoms with Crippen LogP contribution < -0.4 is 10.1 Å². The highest BCUT2D eigenvalue weighted by molar-refractivity contribution is 7.89. The summed E-state index contributed by atoms with van der Waals surface area (Å²) < 4.78 is 38.0. The number of rotatable bonds is 8. The first-order chi connectivity index (χ1) is 14.0. The van der Waals surface area contributed by atoms with Gasteiger partial charge < -0.3 is 14.8 Å². The lowest BCUT2D eigenvalue weighted by Crippen LogP contribution is -2.40. The second-order valence-electron chi connectivity index (χ2n) is 7.39. The lowest BCUT2D eigenvalue weighted by atomic mass is 9.97. The quantitative estimate of drug-likeness (QED) is 0.650. The number of methoxy groups -OCH3 is 1. The number of nitrogens with one attached hydrogen (secondary N) is 1. The van der Waals surface area contributed by atoms with E-state index >= 15 is 0 Å². The summed E-state index contributed by atoms with van der Waals surface area (Å²) in [6.45, 7) is 1.98. The number of benzene rings is 1. The molecule has 1 fully saturated rings. The Morgan fingerprint density at radius 2 is 2.03 bits per heavy atom. The van der Waals surface area contributed by atoms with Gasteiger partial charge in [0.1, 0.15) is 10.6 Å². The van der Waals surface area contributed by atoms with Gasteiger partial charge in [0, 0.05) is 19.6 Å². The summed E-state index contributed by atoms with van der Waals surface area (Å²) in [5.74, 6) is 0.172. The minimum atomic E-state index is -3.71. The van der Waals surface area contributed by atoms with Crippen molar-refractivity contribution in [3.05, 3.63) is 35.4 Å². The number of carbonyl (C=O) groups excluding carboxylic acids is 1. The molecule has 0 radical (unpaired) electrons. The molecule has 3 rings (SSSR count). The molecule has 1 aliphatic carbocycles. The summed E-state index contributed by atoms with van der Waals surface area (Å²) in [7, 11) is -2.26. The molecule has 0 spiro atoms. The molecule has 160 valence electrons. The summed E-state index contributed by atoms with van der Waals surface area (Å²) in [6, 6.07) is 4.90. The van der Waals surface area contributed by atoms with Gasteiger partial charge in [0.15, 0.2) is 0 Å². The minimum absolute atomic E-state index is 0.0968. The Hall–Kier alpha value is -1.90. The molecule has 1 amide bonds. The molecule has 0 unspecified atom stereocenters. The summed E-state index contributed by atoms with van der Waals surface area (Å²) in [4.78, 5) is 12.4. The monoisotopic (exact) mass is 422 g/mol. The van der Waals surface area contributed by atoms with Crippen LogP contribution in [0, 0.1) is 0 Å². The average molecular weight is 423 g/mol. The van der Waals surface area contributed by atoms with E-state index in [1.54, 1.807) is 18.2 Å². The van der Waals surface area contributed by atoms with Crippen molar-refractivity contribution < 1.29 is 22.7 Å². The lowest BCUT2D eigenvalue weighted by molar-refractivity contribution is -0.120. The number of morpholine rings is 1. The van der Waals surface area contributed by atoms with Crippen LogP contribution in [0.15, 0.2) is 34.7 Å². The Morgan fingerprint density at radius 3 is 2.72 bits per heavy atom. The van der Waals surface area contributed by atoms with Crippen molar-refractivity contribution in [2.75, 3.05) is 40.0 Å². The molecule has 7 nitrogen and oxygen atoms in total. The molecule has 29 heavy (non-hydrogen) atoms. The zero-order valence-electron chi connectivity index (χ0n) is 17.0. The molecule has 0 bridgehead atoms. The Bertz CT molecular complexity index is 845. The number of nitrogens with zero attached hydrogens (tertiary/aromatic N) is 1. The number of sulfonamides is 1. The molecule has 0 atom stereocenters. The fourth-order valence-corrected chi connectivity index (χ4v) is 5.31. The Labute approximate surface area is 173 Å². The van der Waals surface area contributed by atoms with Crippen molar-refractivity contribution >= 4 is 15.9 Å². The fourth-order valence-electron chi connectivity index (χ4n) is 3.70. The smallest absolute Gasteiger partial charge is 0.246 e. The van der Waals surface area contributed by atoms with E-state index in [0.717, 1.165) is 19.3 Å². The summed E-state index contributed by atoms with van der Waals surface area (Å²) in [5.41, 5.74) is 2.06. The molecule has 1 N–H and O–H groups in total. The average Bonchev–Trinajstić information content (AvgIpc) is 2.75. The van der Waals surface area contributed by atoms with Crippen LogP contribution in [0.2, 0.25) is 0 Å². The first-order valence-corrected chi connectivity index (χ1v) is 11.6. The number of carbonyl (C=O) groups is 1. The molecular formula is C21H30N2O5S. The van der Waals surface area contributed by atoms with Crippen LogP contribution in [0.25, 0.3) is 0 Å². The summed E-state index contributed by atoms with van der Waals surface area (Å²) in [6.07, 6.45) is 8.03. The van der Waals surface area contributed by atoms with Crippen LogP contribution >= 0.6 is 0 Å². The van der Waals surface area contributed by atoms with Crippen LogP contribution in [0.1, 0.15) is 37.7 Å². The standard InChI is InChI=1S/C21H30N2O5S/c1-27-19-8-7-18(15-20(19)29(25,26)23-11-13-28-14-12-23)16-21(24)22-10-9-17-5-3-2-4-6-17/h5,7-8,15H,2-4,6,9-14,16H2,1H3,(H,22,24). The van der Waals surface area contributed by atoms with Gasteiger partial charge in [-0.15, -0.1) is 0 Å². The van der Waals surface area contributed by atoms with E-state index in [2.05, 4.69) is 11.4 Å². The van der Waals surface area contributed by atoms with E-state index in [1.807, 2.05) is 0 Å². The van der Waals surface area contributed by atoms with Gasteiger partial charge in [-0.2, -0.15) is 4.31 Å². The van der Waals surface area contributed by atoms with E-state index < -0.39 is 10.0 Å². The van der Waals surface area contributed by atoms with Crippen LogP contribution in [0.4, 0.5) is 0 Å². The van der Waals surface area contributed by atoms with Crippen molar-refractivity contribution in [3.8, 4) is 5.75 Å². The van der Waals surface area contributed by atoms with E-state index in [0.29, 0.717) is 38.4 Å². The first-order valence-electron chi connectivity index (χ1n) is 10.2. The Balaban J connectivity index is 1.64. The highest BCUT2D eigenvalue weighted by Gasteiger charge is 2.29. The third-order valence-corrected chi connectivity index (χ3v) is 7.25. The van der Waals surface area contributed by atoms with Crippen LogP contribution in [0.5, 0.6) is 5.75 Å². The third-order valence-electron chi connectivity index (χ3n) is 5.33. The summed E-state index contributed by atoms with van der Waals surface area (Å²) >= 11 is 0. The van der Waals surface area contributed by atoms with Crippen molar-refractivity contribution in [2.45, 2.75) is 43.4 Å². The largest absolute Gasteiger partial charge is 0.495 e. The van der Waals surface area contributed by atoms with E-state index in [9.17, 15) is 13.2 Å². The highest BCUT2D eigenvalue weighted by atomic mass is 32.2. The van der Waals surface area contributed by atoms with Gasteiger partial charge in [-0.25, -0.2) is 8.42 Å². The molecule has 1 aromatic carbocycles. The number of hydrogen-bond acceptors (Lipinski definition) is 5. The Kier molecular flexibility index (Phi) is 7.69. The molecule has 0 saturated carbocycles. The van der Waals surface area contributed by atoms with Crippen LogP contribution in [-0.2, 0) is 26.0 Å². The van der Waals surface area contributed by atoms with Gasteiger partial charge in [-0.3, -0.25) is 4.79 Å². The first kappa shape index (κ1) is 21.8. The predicted octanol–water partition coefficient (Wildman–Crippen LogP) is 2.27. The molecule has 1 saturated heterocycles. The normalized spacial score (nSPS) is 18.2. The number of ether oxygens (including phenoxy) is 2. The fraction of sp³-hybridized carbons (Fsp3) is 0.571. The van der Waals surface area contributed by atoms with Gasteiger partial charge >= 0.3 is 0 Å². The second kappa shape index (κ2) is 10.2. The third kappa shape index (κ3) is 5.81. The van der Waals surface area contributed by atoms with Gasteiger partial charge in [0.2, 0.25) is 15.9 Å². The molecule has 8 heteroatoms. The van der Waals surface area contributed by atoms with Gasteiger partial charge in [0.25, 0.3) is 0 Å². The SMILES string of the molecule is COc1ccc(CC(=O)NCCC2=CCCCC2)cc1S(=O)(=O)N1CCOCC1. The highest BCUT2D eigenvalue weighted by Crippen LogP contribution is 2.28. The van der Waals surface area contributed by atoms with E-state index in [-0.39, 0.29) is 23.0 Å². The zero-order chi connectivity index (χ0) is 20.7. The van der Waals surface area contributed by atoms with Crippen molar-refractivity contribution in [2.24, 2.45) is 0 Å². The number of hydrogen-bond donors (Lipinski definition) is 1. The molecule has 1 aliphatic heterocycles. The zero-order valence-corrected chi connectivity index (χ0v) is 17.8. The van der Waals surface area contributed by atoms with E-state index in [4.69, 9.17) is 9.47 Å². The number of allylic oxidation sites excluding steroid dienone is 1. The van der Waals surface area contributed by atoms with Gasteiger partial charge in [0.05, 0.1) is 26.7 Å². The topological polar surface area (TPSA) is 84.9 Å². The Morgan fingerprint density at radius 1 is 1.24 bits per heavy atom. The molecule has 0 aromatic heterocycles. The predicted molar refractivity (Wildman–Crippen MR) is 110 cm³/mol. The maximum atomic E-state index is 13.0. The van der Waals surface area contributed by atoms with Crippen molar-refractivity contribution in [3.63, 3.8) is 0 Å². The molecular weight excluding hydrogens is 392 g/mol. The van der Waals surface area contributed by atoms with Crippen molar-refractivity contribution in [1.82, 2.24) is 9.62 Å². The summed E-state index contributed by atoms with van der Waals surface area (Å²) in [5, 5.41) is 2.94. The van der Waals surface area contributed by atoms with Crippen molar-refractivity contribution in [1.29, 1.82) is 0 Å². The molecule has 1 heterocycles. The van der Waals surface area contributed by atoms with Crippen LogP contribution in [-0.4, -0.2) is 58.6 Å². The van der Waals surface area contributed by atoms with Gasteiger partial charge in [-0.05, 0) is 49.8 Å². The minimum Gasteiger partial charge on any atom is -0.495 e. The maximum absolute atomic E-state index is 13.0. The van der Waals surface area contributed by atoms with E-state index in [1.165, 1.54) is 29.8 Å². The lowest BCUT2D eigenvalue weighted by Gasteiger charge is -2.26. The molecule has 2 aliphatic rings. The van der Waals surface area contributed by atoms with Crippen LogP contribution in [0.3, 0.4) is 0 Å².